The zero-order valence-electron chi connectivity index (χ0n) is 10.3. The van der Waals surface area contributed by atoms with Gasteiger partial charge in [-0.25, -0.2) is 0 Å². The highest BCUT2D eigenvalue weighted by Crippen LogP contribution is 2.25. The summed E-state index contributed by atoms with van der Waals surface area (Å²) in [6.07, 6.45) is -0.567. The van der Waals surface area contributed by atoms with E-state index in [0.717, 1.165) is 11.1 Å². The predicted molar refractivity (Wildman–Crippen MR) is 60.0 cm³/mol. The Morgan fingerprint density at radius 2 is 1.57 bits per heavy atom. The van der Waals surface area contributed by atoms with Crippen molar-refractivity contribution in [3.05, 3.63) is 34.9 Å². The lowest BCUT2D eigenvalue weighted by atomic mass is 9.89. The van der Waals surface area contributed by atoms with Crippen LogP contribution in [0.2, 0.25) is 0 Å². The second-order valence-corrected chi connectivity index (χ2v) is 4.22. The van der Waals surface area contributed by atoms with Gasteiger partial charge in [-0.1, -0.05) is 45.9 Å². The Balaban J connectivity index is 3.42. The number of benzene rings is 1. The average Bonchev–Trinajstić information content (AvgIpc) is 2.16. The van der Waals surface area contributed by atoms with Crippen molar-refractivity contribution in [2.24, 2.45) is 0 Å². The van der Waals surface area contributed by atoms with Gasteiger partial charge in [-0.2, -0.15) is 0 Å². The van der Waals surface area contributed by atoms with Crippen LogP contribution in [-0.2, 0) is 0 Å². The molecule has 0 aromatic heterocycles. The monoisotopic (exact) mass is 191 g/mol. The molecular formula is C13H18O. The van der Waals surface area contributed by atoms with Gasteiger partial charge < -0.3 is 0 Å². The lowest BCUT2D eigenvalue weighted by molar-refractivity contribution is 0.112. The topological polar surface area (TPSA) is 17.1 Å². The highest BCUT2D eigenvalue weighted by Gasteiger charge is 2.12. The van der Waals surface area contributed by atoms with Crippen molar-refractivity contribution >= 4 is 6.26 Å². The first-order valence-electron chi connectivity index (χ1n) is 5.58. The van der Waals surface area contributed by atoms with Crippen molar-refractivity contribution in [1.29, 1.82) is 0 Å². The molecule has 0 amide bonds. The summed E-state index contributed by atoms with van der Waals surface area (Å²) in [5, 5.41) is 0. The molecule has 0 spiro atoms. The summed E-state index contributed by atoms with van der Waals surface area (Å²) in [4.78, 5) is 11.4. The van der Waals surface area contributed by atoms with E-state index in [4.69, 9.17) is 1.37 Å². The third-order valence-corrected chi connectivity index (χ3v) is 2.47. The molecule has 0 unspecified atom stereocenters. The largest absolute Gasteiger partial charge is 0.298 e. The Hall–Kier alpha value is -1.11. The summed E-state index contributed by atoms with van der Waals surface area (Å²) in [7, 11) is 0. The molecule has 14 heavy (non-hydrogen) atoms. The summed E-state index contributed by atoms with van der Waals surface area (Å²) >= 11 is 0. The van der Waals surface area contributed by atoms with Crippen molar-refractivity contribution in [2.75, 3.05) is 0 Å². The summed E-state index contributed by atoms with van der Waals surface area (Å²) in [6, 6.07) is 5.85. The smallest absolute Gasteiger partial charge is 0.150 e. The normalized spacial score (nSPS) is 12.0. The van der Waals surface area contributed by atoms with Gasteiger partial charge in [0.15, 0.2) is 6.26 Å². The molecule has 0 saturated heterocycles. The predicted octanol–water partition coefficient (Wildman–Crippen LogP) is 3.75. The van der Waals surface area contributed by atoms with E-state index in [1.807, 2.05) is 45.9 Å². The minimum Gasteiger partial charge on any atom is -0.298 e. The number of carbonyl (C=O) groups is 1. The molecule has 0 atom stereocenters. The first-order chi connectivity index (χ1) is 6.95. The molecule has 0 aliphatic rings. The molecule has 1 aromatic rings. The first-order valence-corrected chi connectivity index (χ1v) is 5.08. The molecule has 1 rings (SSSR count). The van der Waals surface area contributed by atoms with E-state index >= 15 is 0 Å². The van der Waals surface area contributed by atoms with Crippen LogP contribution < -0.4 is 0 Å². The maximum absolute atomic E-state index is 11.4. The maximum Gasteiger partial charge on any atom is 0.150 e. The molecule has 0 bridgehead atoms. The van der Waals surface area contributed by atoms with Gasteiger partial charge in [-0.15, -0.1) is 0 Å². The Kier molecular flexibility index (Phi) is 2.97. The Bertz CT molecular complexity index is 341. The first kappa shape index (κ1) is 9.45. The van der Waals surface area contributed by atoms with Gasteiger partial charge in [0.25, 0.3) is 0 Å². The van der Waals surface area contributed by atoms with E-state index in [1.54, 1.807) is 0 Å². The van der Waals surface area contributed by atoms with Crippen molar-refractivity contribution < 1.29 is 6.17 Å². The fourth-order valence-corrected chi connectivity index (χ4v) is 1.67. The molecular weight excluding hydrogens is 172 g/mol. The van der Waals surface area contributed by atoms with E-state index in [0.29, 0.717) is 5.56 Å². The number of aldehydes is 1. The molecule has 0 aliphatic heterocycles. The zero-order chi connectivity index (χ0) is 11.6. The van der Waals surface area contributed by atoms with Crippen LogP contribution in [0.15, 0.2) is 18.2 Å². The van der Waals surface area contributed by atoms with Gasteiger partial charge in [0.1, 0.15) is 1.37 Å². The lowest BCUT2D eigenvalue weighted by Crippen LogP contribution is -2.01. The van der Waals surface area contributed by atoms with Crippen molar-refractivity contribution in [2.45, 2.75) is 39.5 Å². The quantitative estimate of drug-likeness (QED) is 0.665. The van der Waals surface area contributed by atoms with Crippen LogP contribution in [0.5, 0.6) is 0 Å². The SMILES string of the molecule is [2H]C(=O)c1c(C(C)C)cccc1C(C)C. The summed E-state index contributed by atoms with van der Waals surface area (Å²) in [5.41, 5.74) is 2.57. The lowest BCUT2D eigenvalue weighted by Gasteiger charge is -2.15. The van der Waals surface area contributed by atoms with Crippen LogP contribution in [0, 0.1) is 0 Å². The van der Waals surface area contributed by atoms with Crippen LogP contribution in [0.4, 0.5) is 0 Å². The third kappa shape index (κ3) is 2.03. The third-order valence-electron chi connectivity index (χ3n) is 2.47. The van der Waals surface area contributed by atoms with Crippen molar-refractivity contribution in [3.8, 4) is 0 Å². The molecule has 0 fully saturated rings. The van der Waals surface area contributed by atoms with E-state index in [9.17, 15) is 4.79 Å². The second-order valence-electron chi connectivity index (χ2n) is 4.22. The molecule has 0 saturated carbocycles. The van der Waals surface area contributed by atoms with Crippen molar-refractivity contribution in [1.82, 2.24) is 0 Å². The van der Waals surface area contributed by atoms with Gasteiger partial charge in [0, 0.05) is 5.56 Å². The minimum atomic E-state index is -0.567. The Labute approximate surface area is 87.6 Å². The van der Waals surface area contributed by atoms with Gasteiger partial charge in [0.05, 0.1) is 0 Å². The fourth-order valence-electron chi connectivity index (χ4n) is 1.67. The second kappa shape index (κ2) is 4.41. The maximum atomic E-state index is 11.4. The van der Waals surface area contributed by atoms with E-state index in [2.05, 4.69) is 0 Å². The van der Waals surface area contributed by atoms with Crippen LogP contribution in [0.3, 0.4) is 0 Å². The molecule has 0 heterocycles. The van der Waals surface area contributed by atoms with Gasteiger partial charge in [-0.3, -0.25) is 4.79 Å². The molecule has 1 aromatic carbocycles. The van der Waals surface area contributed by atoms with E-state index < -0.39 is 6.26 Å². The van der Waals surface area contributed by atoms with Crippen LogP contribution >= 0.6 is 0 Å². The number of hydrogen-bond donors (Lipinski definition) is 0. The van der Waals surface area contributed by atoms with E-state index in [1.165, 1.54) is 0 Å². The Morgan fingerprint density at radius 1 is 1.14 bits per heavy atom. The van der Waals surface area contributed by atoms with Crippen LogP contribution in [0.1, 0.15) is 62.4 Å². The summed E-state index contributed by atoms with van der Waals surface area (Å²) in [6.45, 7) is 8.19. The fraction of sp³-hybridized carbons (Fsp3) is 0.462. The van der Waals surface area contributed by atoms with Gasteiger partial charge in [-0.05, 0) is 23.0 Å². The molecule has 76 valence electrons. The summed E-state index contributed by atoms with van der Waals surface area (Å²) < 4.78 is 7.35. The van der Waals surface area contributed by atoms with Crippen LogP contribution in [0.25, 0.3) is 0 Å². The molecule has 0 radical (unpaired) electrons. The molecule has 0 N–H and O–H groups in total. The van der Waals surface area contributed by atoms with Gasteiger partial charge >= 0.3 is 0 Å². The molecule has 1 nitrogen and oxygen atoms in total. The highest BCUT2D eigenvalue weighted by molar-refractivity contribution is 5.80. The van der Waals surface area contributed by atoms with E-state index in [-0.39, 0.29) is 11.8 Å². The van der Waals surface area contributed by atoms with Crippen LogP contribution in [-0.4, -0.2) is 6.26 Å². The number of hydrogen-bond acceptors (Lipinski definition) is 1. The summed E-state index contributed by atoms with van der Waals surface area (Å²) in [5.74, 6) is 0.570. The van der Waals surface area contributed by atoms with Crippen molar-refractivity contribution in [3.63, 3.8) is 0 Å². The average molecular weight is 191 g/mol. The molecule has 1 heteroatoms. The Morgan fingerprint density at radius 3 is 1.86 bits per heavy atom. The zero-order valence-corrected chi connectivity index (χ0v) is 9.29. The molecule has 0 aliphatic carbocycles. The number of carbonyl (C=O) groups excluding carboxylic acids is 1. The highest BCUT2D eigenvalue weighted by atomic mass is 16.1. The van der Waals surface area contributed by atoms with Gasteiger partial charge in [0.2, 0.25) is 0 Å². The minimum absolute atomic E-state index is 0.285. The number of rotatable bonds is 3. The standard InChI is InChI=1S/C13H18O/c1-9(2)11-6-5-7-12(10(3)4)13(11)8-14/h5-10H,1-4H3/i8D.